The molecule has 8 rings (SSSR count). The van der Waals surface area contributed by atoms with E-state index >= 15 is 0 Å². The topological polar surface area (TPSA) is 563 Å². The fourth-order valence-electron chi connectivity index (χ4n) is 20.3. The largest absolute Gasteiger partial charge is 0.396 e. The molecule has 0 aromatic rings. The zero-order chi connectivity index (χ0) is 94.3. The first-order chi connectivity index (χ1) is 62.5. The second-order valence-electron chi connectivity index (χ2n) is 37.1. The first kappa shape index (κ1) is 109. The van der Waals surface area contributed by atoms with Gasteiger partial charge in [-0.05, 0) is 182 Å². The van der Waals surface area contributed by atoms with E-state index in [4.69, 9.17) is 28.4 Å². The Morgan fingerprint density at radius 1 is 0.346 bits per heavy atom. The van der Waals surface area contributed by atoms with Crippen molar-refractivity contribution in [3.05, 3.63) is 11.1 Å². The summed E-state index contributed by atoms with van der Waals surface area (Å²) >= 11 is 0. The maximum Gasteiger partial charge on any atom is 0.223 e. The quantitative estimate of drug-likeness (QED) is 0.0269. The summed E-state index contributed by atoms with van der Waals surface area (Å²) in [6.07, 6.45) is 3.67. The molecule has 130 heavy (non-hydrogen) atoms. The first-order valence-electron chi connectivity index (χ1n) is 48.1. The molecule has 11 amide bonds. The standard InChI is InChI=1S/C91H155N11O28/c1-59(108)96-78-84(122)81(119)67(54-103)128-87(78)125-47-19-12-22-70(111)92-37-15-4-8-25-74(115)99-41-30-64(31-42-99)91(36-29-73(114)95-40-18-7-11-28-77(118)102-52-62-50-90(57-106,58-107)51-63(62)53-102,65-32-43-100(44-33-65)75(116)26-9-5-16-38-93-71(112)23-13-20-48-126-88-79(97-60(2)109)85(123)82(120)68(55-104)129-88)66-34-45-101(46-35-66)76(117)27-10-6-17-39-94-72(113)24-14-21-49-127-89-80(98-61(3)110)86(124)83(121)69(56-105)130-89/h64-69,78-89,103-107,119-124H,4-58H2,1-3H3,(H,92,111)(H,93,112)(H,94,113)(H,95,114)(H,96,108)(H,97,109)(H,98,110). The van der Waals surface area contributed by atoms with Crippen molar-refractivity contribution in [2.75, 3.05) is 131 Å². The van der Waals surface area contributed by atoms with E-state index in [9.17, 15) is 109 Å². The van der Waals surface area contributed by atoms with Crippen molar-refractivity contribution in [3.63, 3.8) is 0 Å². The van der Waals surface area contributed by atoms with Gasteiger partial charge in [0.05, 0.1) is 33.0 Å². The minimum Gasteiger partial charge on any atom is -0.396 e. The molecule has 0 aromatic heterocycles. The molecule has 39 heteroatoms. The highest BCUT2D eigenvalue weighted by molar-refractivity contribution is 5.80. The smallest absolute Gasteiger partial charge is 0.223 e. The van der Waals surface area contributed by atoms with Crippen LogP contribution >= 0.6 is 0 Å². The van der Waals surface area contributed by atoms with Gasteiger partial charge in [-0.15, -0.1) is 0 Å². The third kappa shape index (κ3) is 33.3. The lowest BCUT2D eigenvalue weighted by molar-refractivity contribution is -0.270. The Morgan fingerprint density at radius 2 is 0.608 bits per heavy atom. The lowest BCUT2D eigenvalue weighted by atomic mass is 9.51. The number of rotatable bonds is 56. The normalized spacial score (nSPS) is 26.7. The zero-order valence-electron chi connectivity index (χ0n) is 76.9. The predicted molar refractivity (Wildman–Crippen MR) is 470 cm³/mol. The van der Waals surface area contributed by atoms with Crippen LogP contribution < -0.4 is 37.2 Å². The number of amides is 11. The number of likely N-dealkylation sites (tertiary alicyclic amines) is 4. The van der Waals surface area contributed by atoms with E-state index in [1.807, 2.05) is 19.6 Å². The van der Waals surface area contributed by atoms with E-state index in [1.54, 1.807) is 0 Å². The number of hydrogen-bond donors (Lipinski definition) is 18. The number of unbranched alkanes of at least 4 members (excludes halogenated alkanes) is 11. The molecule has 0 radical (unpaired) electrons. The van der Waals surface area contributed by atoms with Crippen LogP contribution in [0.1, 0.15) is 245 Å². The molecule has 1 aliphatic carbocycles. The zero-order valence-corrected chi connectivity index (χ0v) is 76.9. The molecule has 18 N–H and O–H groups in total. The molecule has 6 fully saturated rings. The van der Waals surface area contributed by atoms with Gasteiger partial charge in [0.2, 0.25) is 65.0 Å². The summed E-state index contributed by atoms with van der Waals surface area (Å²) in [5.74, 6) is -1.42. The van der Waals surface area contributed by atoms with E-state index in [1.165, 1.54) is 20.8 Å². The van der Waals surface area contributed by atoms with Crippen LogP contribution in [0.3, 0.4) is 0 Å². The van der Waals surface area contributed by atoms with Crippen molar-refractivity contribution in [3.8, 4) is 0 Å². The molecule has 7 aliphatic heterocycles. The van der Waals surface area contributed by atoms with Crippen LogP contribution in [0.5, 0.6) is 0 Å². The Hall–Kier alpha value is -6.77. The van der Waals surface area contributed by atoms with E-state index < -0.39 is 140 Å². The summed E-state index contributed by atoms with van der Waals surface area (Å²) in [5.41, 5.74) is 1.30. The summed E-state index contributed by atoms with van der Waals surface area (Å²) in [6.45, 7) is 8.10. The maximum atomic E-state index is 14.4. The third-order valence-corrected chi connectivity index (χ3v) is 27.6. The van der Waals surface area contributed by atoms with Crippen molar-refractivity contribution in [1.82, 2.24) is 56.8 Å². The van der Waals surface area contributed by atoms with Crippen LogP contribution in [0.4, 0.5) is 0 Å². The third-order valence-electron chi connectivity index (χ3n) is 27.6. The van der Waals surface area contributed by atoms with Gasteiger partial charge in [-0.3, -0.25) is 52.7 Å². The van der Waals surface area contributed by atoms with Crippen LogP contribution in [0.2, 0.25) is 0 Å². The van der Waals surface area contributed by atoms with Gasteiger partial charge in [-0.25, -0.2) is 0 Å². The highest BCUT2D eigenvalue weighted by Crippen LogP contribution is 2.57. The molecule has 8 aliphatic rings. The molecule has 39 nitrogen and oxygen atoms in total. The van der Waals surface area contributed by atoms with Crippen LogP contribution in [0.25, 0.3) is 0 Å². The van der Waals surface area contributed by atoms with Crippen molar-refractivity contribution in [1.29, 1.82) is 0 Å². The fraction of sp³-hybridized carbons (Fsp3) is 0.857. The van der Waals surface area contributed by atoms with Gasteiger partial charge in [0.25, 0.3) is 0 Å². The molecule has 6 saturated heterocycles. The predicted octanol–water partition coefficient (Wildman–Crippen LogP) is -0.529. The number of aliphatic hydroxyl groups is 11. The van der Waals surface area contributed by atoms with E-state index in [0.717, 1.165) is 17.6 Å². The molecule has 0 bridgehead atoms. The average molecular weight is 1850 g/mol. The van der Waals surface area contributed by atoms with Crippen molar-refractivity contribution >= 4 is 65.0 Å². The van der Waals surface area contributed by atoms with Gasteiger partial charge in [0.15, 0.2) is 18.9 Å². The van der Waals surface area contributed by atoms with Gasteiger partial charge in [0, 0.05) is 176 Å². The summed E-state index contributed by atoms with van der Waals surface area (Å²) in [5, 5.41) is 131. The summed E-state index contributed by atoms with van der Waals surface area (Å²) in [6, 6.07) is -3.21. The molecule has 742 valence electrons. The molecule has 15 unspecified atom stereocenters. The molecule has 0 saturated carbocycles. The number of piperidine rings is 3. The highest BCUT2D eigenvalue weighted by atomic mass is 16.7. The molecular weight excluding hydrogens is 1700 g/mol. The van der Waals surface area contributed by atoms with Crippen LogP contribution in [-0.4, -0.2) is 364 Å². The maximum absolute atomic E-state index is 14.4. The van der Waals surface area contributed by atoms with Crippen molar-refractivity contribution in [2.45, 2.75) is 337 Å². The Bertz CT molecular complexity index is 3240. The fourth-order valence-corrected chi connectivity index (χ4v) is 20.3. The average Bonchev–Trinajstić information content (AvgIpc) is 1.73. The van der Waals surface area contributed by atoms with Crippen molar-refractivity contribution < 1.29 is 137 Å². The molecule has 0 aromatic carbocycles. The van der Waals surface area contributed by atoms with E-state index in [0.29, 0.717) is 271 Å². The molecule has 7 heterocycles. The summed E-state index contributed by atoms with van der Waals surface area (Å²) in [4.78, 5) is 152. The molecule has 15 atom stereocenters. The van der Waals surface area contributed by atoms with Gasteiger partial charge >= 0.3 is 0 Å². The van der Waals surface area contributed by atoms with E-state index in [-0.39, 0.29) is 124 Å². The number of aliphatic hydroxyl groups excluding tert-OH is 11. The number of carbonyl (C=O) groups excluding carboxylic acids is 11. The summed E-state index contributed by atoms with van der Waals surface area (Å²) < 4.78 is 34.2. The second kappa shape index (κ2) is 56.6. The van der Waals surface area contributed by atoms with Crippen LogP contribution in [0.15, 0.2) is 11.1 Å². The second-order valence-corrected chi connectivity index (χ2v) is 37.1. The first-order valence-corrected chi connectivity index (χ1v) is 48.1. The Balaban J connectivity index is 0.837. The molecular formula is C91H155N11O28. The Labute approximate surface area is 764 Å². The molecule has 0 spiro atoms. The lowest BCUT2D eigenvalue weighted by Crippen LogP contribution is -2.64. The summed E-state index contributed by atoms with van der Waals surface area (Å²) in [7, 11) is 0. The van der Waals surface area contributed by atoms with Crippen molar-refractivity contribution in [2.24, 2.45) is 28.6 Å². The minimum atomic E-state index is -1.44. The van der Waals surface area contributed by atoms with Crippen LogP contribution in [0, 0.1) is 28.6 Å². The highest BCUT2D eigenvalue weighted by Gasteiger charge is 2.54. The van der Waals surface area contributed by atoms with Crippen LogP contribution in [-0.2, 0) is 81.2 Å². The number of nitrogens with zero attached hydrogens (tertiary/aromatic N) is 4. The lowest BCUT2D eigenvalue weighted by Gasteiger charge is -2.57. The number of nitrogens with one attached hydrogen (secondary N) is 7. The minimum absolute atomic E-state index is 0.0511. The number of hydrogen-bond acceptors (Lipinski definition) is 28. The Morgan fingerprint density at radius 3 is 0.869 bits per heavy atom. The van der Waals surface area contributed by atoms with Gasteiger partial charge in [-0.1, -0.05) is 25.7 Å². The van der Waals surface area contributed by atoms with Gasteiger partial charge in [0.1, 0.15) is 73.1 Å². The SMILES string of the molecule is CC(=O)NC1C(OCCCCC(=O)NCCCCCC(=O)N2CCC(C(CCC(=O)NCCCCCC(=O)N3CC4=C(C3)CC(CO)(CO)C4)(C3CCN(C(=O)CCCCCNC(=O)CCCCOC4OC(CO)C(O)C(O)C4NC(C)=O)CC3)C3CCN(C(=O)CCCCCNC(=O)CCCCOC4OC(CO)C(O)C(O)C4NC(C)=O)CC3)CC2)OC(CO)C(O)C1O. The van der Waals surface area contributed by atoms with Gasteiger partial charge in [-0.2, -0.15) is 0 Å². The Kier molecular flexibility index (Phi) is 47.2. The monoisotopic (exact) mass is 1850 g/mol. The number of carbonyl (C=O) groups is 11. The van der Waals surface area contributed by atoms with Gasteiger partial charge < -0.3 is 141 Å². The van der Waals surface area contributed by atoms with E-state index in [2.05, 4.69) is 37.2 Å². The number of ether oxygens (including phenoxy) is 6.